The molecule has 35 heavy (non-hydrogen) atoms. The van der Waals surface area contributed by atoms with Gasteiger partial charge in [-0.25, -0.2) is 8.42 Å². The lowest BCUT2D eigenvalue weighted by Gasteiger charge is -2.18. The van der Waals surface area contributed by atoms with Crippen molar-refractivity contribution < 1.29 is 27.5 Å². The van der Waals surface area contributed by atoms with Crippen molar-refractivity contribution in [2.75, 3.05) is 30.4 Å². The summed E-state index contributed by atoms with van der Waals surface area (Å²) in [6.07, 6.45) is 0.757. The van der Waals surface area contributed by atoms with Crippen LogP contribution in [0.25, 0.3) is 0 Å². The van der Waals surface area contributed by atoms with Crippen LogP contribution in [0.3, 0.4) is 0 Å². The molecule has 0 radical (unpaired) electrons. The molecule has 0 aliphatic carbocycles. The number of sulfonamides is 1. The molecule has 9 nitrogen and oxygen atoms in total. The first-order valence-corrected chi connectivity index (χ1v) is 12.4. The van der Waals surface area contributed by atoms with Crippen LogP contribution in [0.2, 0.25) is 0 Å². The number of aryl methyl sites for hydroxylation is 1. The third-order valence-electron chi connectivity index (χ3n) is 5.42. The first-order chi connectivity index (χ1) is 16.8. The molecule has 1 heterocycles. The van der Waals surface area contributed by atoms with E-state index >= 15 is 0 Å². The van der Waals surface area contributed by atoms with Crippen molar-refractivity contribution in [3.8, 4) is 11.5 Å². The van der Waals surface area contributed by atoms with Crippen molar-refractivity contribution in [3.05, 3.63) is 77.9 Å². The Kier molecular flexibility index (Phi) is 6.92. The second-order valence-corrected chi connectivity index (χ2v) is 9.60. The van der Waals surface area contributed by atoms with E-state index in [0.717, 1.165) is 12.0 Å². The standard InChI is InChI=1S/C25H25N3O6S/c1-3-17-7-4-5-10-21(17)26-24(29)15-28(2)25(30)18-8-6-9-20(13-18)35(31,32)27-19-11-12-22-23(14-19)34-16-33-22/h4-14,27H,3,15-16H2,1-2H3,(H,26,29). The number of hydrogen-bond donors (Lipinski definition) is 2. The third-order valence-corrected chi connectivity index (χ3v) is 6.79. The molecule has 0 atom stereocenters. The number of nitrogens with one attached hydrogen (secondary N) is 2. The lowest BCUT2D eigenvalue weighted by atomic mass is 10.1. The summed E-state index contributed by atoms with van der Waals surface area (Å²) in [5.74, 6) is 0.139. The fourth-order valence-corrected chi connectivity index (χ4v) is 4.71. The van der Waals surface area contributed by atoms with Crippen LogP contribution in [0.4, 0.5) is 11.4 Å². The van der Waals surface area contributed by atoms with Gasteiger partial charge in [-0.3, -0.25) is 14.3 Å². The quantitative estimate of drug-likeness (QED) is 0.495. The maximum Gasteiger partial charge on any atom is 0.261 e. The van der Waals surface area contributed by atoms with Gasteiger partial charge in [-0.2, -0.15) is 0 Å². The third kappa shape index (κ3) is 5.55. The maximum absolute atomic E-state index is 12.9. The van der Waals surface area contributed by atoms with E-state index in [-0.39, 0.29) is 29.7 Å². The molecule has 0 bridgehead atoms. The first-order valence-electron chi connectivity index (χ1n) is 10.9. The lowest BCUT2D eigenvalue weighted by molar-refractivity contribution is -0.116. The monoisotopic (exact) mass is 495 g/mol. The summed E-state index contributed by atoms with van der Waals surface area (Å²) in [6.45, 7) is 1.87. The van der Waals surface area contributed by atoms with Gasteiger partial charge >= 0.3 is 0 Å². The zero-order valence-corrected chi connectivity index (χ0v) is 20.1. The highest BCUT2D eigenvalue weighted by Crippen LogP contribution is 2.34. The number of likely N-dealkylation sites (N-methyl/N-ethyl adjacent to an activating group) is 1. The maximum atomic E-state index is 12.9. The molecule has 2 amide bonds. The van der Waals surface area contributed by atoms with Gasteiger partial charge in [0.15, 0.2) is 11.5 Å². The van der Waals surface area contributed by atoms with Gasteiger partial charge in [-0.15, -0.1) is 0 Å². The molecular weight excluding hydrogens is 470 g/mol. The average molecular weight is 496 g/mol. The van der Waals surface area contributed by atoms with Gasteiger partial charge in [-0.1, -0.05) is 31.2 Å². The SMILES string of the molecule is CCc1ccccc1NC(=O)CN(C)C(=O)c1cccc(S(=O)(=O)Nc2ccc3c(c2)OCO3)c1. The largest absolute Gasteiger partial charge is 0.454 e. The fraction of sp³-hybridized carbons (Fsp3) is 0.200. The zero-order valence-electron chi connectivity index (χ0n) is 19.3. The highest BCUT2D eigenvalue weighted by atomic mass is 32.2. The summed E-state index contributed by atoms with van der Waals surface area (Å²) in [5, 5.41) is 2.82. The van der Waals surface area contributed by atoms with Crippen molar-refractivity contribution >= 4 is 33.2 Å². The summed E-state index contributed by atoms with van der Waals surface area (Å²) in [5.41, 5.74) is 2.13. The van der Waals surface area contributed by atoms with Crippen molar-refractivity contribution in [2.45, 2.75) is 18.2 Å². The van der Waals surface area contributed by atoms with E-state index in [0.29, 0.717) is 22.9 Å². The minimum atomic E-state index is -3.98. The highest BCUT2D eigenvalue weighted by Gasteiger charge is 2.21. The van der Waals surface area contributed by atoms with Gasteiger partial charge in [0.05, 0.1) is 17.1 Å². The predicted octanol–water partition coefficient (Wildman–Crippen LogP) is 3.49. The number of benzene rings is 3. The predicted molar refractivity (Wildman–Crippen MR) is 131 cm³/mol. The van der Waals surface area contributed by atoms with Crippen LogP contribution in [0, 0.1) is 0 Å². The minimum absolute atomic E-state index is 0.0757. The molecule has 0 unspecified atom stereocenters. The molecule has 3 aromatic rings. The number of fused-ring (bicyclic) bond motifs is 1. The van der Waals surface area contributed by atoms with Crippen LogP contribution in [-0.2, 0) is 21.2 Å². The smallest absolute Gasteiger partial charge is 0.261 e. The van der Waals surface area contributed by atoms with E-state index in [2.05, 4.69) is 10.0 Å². The van der Waals surface area contributed by atoms with Gasteiger partial charge in [0.25, 0.3) is 15.9 Å². The Hall–Kier alpha value is -4.05. The molecule has 0 saturated carbocycles. The van der Waals surface area contributed by atoms with Crippen LogP contribution in [0.1, 0.15) is 22.8 Å². The molecule has 3 aromatic carbocycles. The minimum Gasteiger partial charge on any atom is -0.454 e. The van der Waals surface area contributed by atoms with Crippen LogP contribution in [0.15, 0.2) is 71.6 Å². The van der Waals surface area contributed by atoms with Crippen molar-refractivity contribution in [2.24, 2.45) is 0 Å². The van der Waals surface area contributed by atoms with Gasteiger partial charge in [0, 0.05) is 24.4 Å². The molecule has 4 rings (SSSR count). The van der Waals surface area contributed by atoms with Crippen LogP contribution in [-0.4, -0.2) is 45.5 Å². The van der Waals surface area contributed by atoms with Gasteiger partial charge in [0.1, 0.15) is 0 Å². The summed E-state index contributed by atoms with van der Waals surface area (Å²) in [4.78, 5) is 26.6. The Morgan fingerprint density at radius 1 is 0.971 bits per heavy atom. The number of nitrogens with zero attached hydrogens (tertiary/aromatic N) is 1. The van der Waals surface area contributed by atoms with E-state index in [1.807, 2.05) is 25.1 Å². The highest BCUT2D eigenvalue weighted by molar-refractivity contribution is 7.92. The Morgan fingerprint density at radius 3 is 2.54 bits per heavy atom. The Morgan fingerprint density at radius 2 is 1.74 bits per heavy atom. The molecule has 10 heteroatoms. The molecular formula is C25H25N3O6S. The van der Waals surface area contributed by atoms with E-state index in [1.165, 1.54) is 42.3 Å². The molecule has 2 N–H and O–H groups in total. The number of carbonyl (C=O) groups is 2. The topological polar surface area (TPSA) is 114 Å². The Labute approximate surface area is 203 Å². The number of hydrogen-bond acceptors (Lipinski definition) is 6. The summed E-state index contributed by atoms with van der Waals surface area (Å²) < 4.78 is 38.8. The molecule has 0 fully saturated rings. The van der Waals surface area contributed by atoms with Crippen LogP contribution in [0.5, 0.6) is 11.5 Å². The molecule has 182 valence electrons. The normalized spacial score (nSPS) is 12.2. The lowest BCUT2D eigenvalue weighted by Crippen LogP contribution is -2.35. The fourth-order valence-electron chi connectivity index (χ4n) is 3.62. The van der Waals surface area contributed by atoms with E-state index in [4.69, 9.17) is 9.47 Å². The Balaban J connectivity index is 1.44. The summed E-state index contributed by atoms with van der Waals surface area (Å²) >= 11 is 0. The van der Waals surface area contributed by atoms with Gasteiger partial charge < -0.3 is 19.7 Å². The molecule has 1 aliphatic rings. The van der Waals surface area contributed by atoms with Gasteiger partial charge in [0.2, 0.25) is 12.7 Å². The first kappa shape index (κ1) is 24.1. The Bertz CT molecular complexity index is 1370. The number of carbonyl (C=O) groups excluding carboxylic acids is 2. The second-order valence-electron chi connectivity index (χ2n) is 7.92. The van der Waals surface area contributed by atoms with Gasteiger partial charge in [-0.05, 0) is 48.4 Å². The average Bonchev–Trinajstić information content (AvgIpc) is 3.31. The number of amides is 2. The number of ether oxygens (including phenoxy) is 2. The van der Waals surface area contributed by atoms with Crippen molar-refractivity contribution in [3.63, 3.8) is 0 Å². The molecule has 0 aromatic heterocycles. The number of anilines is 2. The summed E-state index contributed by atoms with van der Waals surface area (Å²) in [6, 6.07) is 17.8. The van der Waals surface area contributed by atoms with Crippen molar-refractivity contribution in [1.82, 2.24) is 4.90 Å². The number of rotatable bonds is 8. The van der Waals surface area contributed by atoms with Crippen LogP contribution < -0.4 is 19.5 Å². The van der Waals surface area contributed by atoms with E-state index in [1.54, 1.807) is 18.2 Å². The number of para-hydroxylation sites is 1. The molecule has 0 saturated heterocycles. The van der Waals surface area contributed by atoms with E-state index < -0.39 is 15.9 Å². The van der Waals surface area contributed by atoms with Crippen LogP contribution >= 0.6 is 0 Å². The summed E-state index contributed by atoms with van der Waals surface area (Å²) in [7, 11) is -2.49. The van der Waals surface area contributed by atoms with E-state index in [9.17, 15) is 18.0 Å². The zero-order chi connectivity index (χ0) is 25.0. The molecule has 1 aliphatic heterocycles. The molecule has 0 spiro atoms. The second kappa shape index (κ2) is 10.1. The van der Waals surface area contributed by atoms with Crippen molar-refractivity contribution in [1.29, 1.82) is 0 Å².